The molecular formula is C14H19NO4. The predicted molar refractivity (Wildman–Crippen MR) is 71.7 cm³/mol. The number of carbonyl (C=O) groups is 2. The minimum atomic E-state index is -1.02. The van der Waals surface area contributed by atoms with Crippen molar-refractivity contribution in [1.82, 2.24) is 5.32 Å². The number of aromatic carboxylic acids is 1. The van der Waals surface area contributed by atoms with Crippen LogP contribution < -0.4 is 5.32 Å². The Morgan fingerprint density at radius 1 is 1.32 bits per heavy atom. The molecule has 0 spiro atoms. The second-order valence-electron chi connectivity index (χ2n) is 4.48. The maximum absolute atomic E-state index is 12.1. The molecule has 5 nitrogen and oxygen atoms in total. The molecule has 1 rings (SSSR count). The van der Waals surface area contributed by atoms with Crippen LogP contribution in [0.1, 0.15) is 46.0 Å². The summed E-state index contributed by atoms with van der Waals surface area (Å²) in [5.41, 5.74) is 1.14. The Bertz CT molecular complexity index is 469. The lowest BCUT2D eigenvalue weighted by Crippen LogP contribution is -2.28. The van der Waals surface area contributed by atoms with Crippen molar-refractivity contribution in [2.45, 2.75) is 19.8 Å². The van der Waals surface area contributed by atoms with E-state index in [2.05, 4.69) is 5.32 Å². The third-order valence-corrected chi connectivity index (χ3v) is 2.75. The molecule has 1 aromatic carbocycles. The van der Waals surface area contributed by atoms with E-state index in [1.54, 1.807) is 19.2 Å². The molecule has 5 heteroatoms. The van der Waals surface area contributed by atoms with Crippen LogP contribution in [0.4, 0.5) is 0 Å². The van der Waals surface area contributed by atoms with E-state index in [1.165, 1.54) is 6.07 Å². The molecule has 1 aromatic rings. The van der Waals surface area contributed by atoms with Crippen molar-refractivity contribution in [3.05, 3.63) is 34.9 Å². The minimum absolute atomic E-state index is 0.0459. The normalized spacial score (nSPS) is 10.5. The van der Waals surface area contributed by atoms with Crippen LogP contribution in [0.15, 0.2) is 18.2 Å². The Labute approximate surface area is 112 Å². The molecule has 1 amide bonds. The third kappa shape index (κ3) is 3.79. The van der Waals surface area contributed by atoms with Gasteiger partial charge in [0.2, 0.25) is 0 Å². The summed E-state index contributed by atoms with van der Waals surface area (Å²) in [7, 11) is 1.55. The number of hydrogen-bond acceptors (Lipinski definition) is 3. The van der Waals surface area contributed by atoms with E-state index in [9.17, 15) is 14.7 Å². The quantitative estimate of drug-likeness (QED) is 0.770. The number of nitrogens with one attached hydrogen (secondary N) is 1. The zero-order chi connectivity index (χ0) is 14.4. The molecule has 0 aliphatic rings. The van der Waals surface area contributed by atoms with Gasteiger partial charge in [0.25, 0.3) is 5.91 Å². The van der Waals surface area contributed by atoms with Crippen molar-refractivity contribution < 1.29 is 19.4 Å². The van der Waals surface area contributed by atoms with Gasteiger partial charge in [0, 0.05) is 19.2 Å². The molecule has 0 fully saturated rings. The number of carboxylic acid groups (broad SMARTS) is 1. The van der Waals surface area contributed by atoms with Gasteiger partial charge in [-0.05, 0) is 23.6 Å². The van der Waals surface area contributed by atoms with Crippen LogP contribution in [0.2, 0.25) is 0 Å². The fourth-order valence-corrected chi connectivity index (χ4v) is 1.93. The Morgan fingerprint density at radius 2 is 1.95 bits per heavy atom. The molecule has 19 heavy (non-hydrogen) atoms. The summed E-state index contributed by atoms with van der Waals surface area (Å²) in [6.07, 6.45) is 0. The van der Waals surface area contributed by atoms with E-state index in [0.29, 0.717) is 24.3 Å². The number of rotatable bonds is 6. The van der Waals surface area contributed by atoms with Crippen molar-refractivity contribution in [1.29, 1.82) is 0 Å². The Hall–Kier alpha value is -1.88. The van der Waals surface area contributed by atoms with Crippen LogP contribution in [0.25, 0.3) is 0 Å². The molecular weight excluding hydrogens is 246 g/mol. The molecule has 0 heterocycles. The molecule has 0 saturated carbocycles. The zero-order valence-electron chi connectivity index (χ0n) is 11.4. The topological polar surface area (TPSA) is 75.6 Å². The fraction of sp³-hybridized carbons (Fsp3) is 0.429. The lowest BCUT2D eigenvalue weighted by atomic mass is 9.91. The number of methoxy groups -OCH3 is 1. The van der Waals surface area contributed by atoms with Gasteiger partial charge in [-0.25, -0.2) is 4.79 Å². The van der Waals surface area contributed by atoms with E-state index >= 15 is 0 Å². The highest BCUT2D eigenvalue weighted by molar-refractivity contribution is 6.00. The predicted octanol–water partition coefficient (Wildman–Crippen LogP) is 1.88. The monoisotopic (exact) mass is 265 g/mol. The highest BCUT2D eigenvalue weighted by Crippen LogP contribution is 2.24. The summed E-state index contributed by atoms with van der Waals surface area (Å²) in [4.78, 5) is 23.3. The Kier molecular flexibility index (Phi) is 5.51. The number of hydrogen-bond donors (Lipinski definition) is 2. The van der Waals surface area contributed by atoms with Crippen LogP contribution in [-0.4, -0.2) is 37.2 Å². The molecule has 0 bridgehead atoms. The van der Waals surface area contributed by atoms with Crippen LogP contribution >= 0.6 is 0 Å². The van der Waals surface area contributed by atoms with Gasteiger partial charge in [-0.1, -0.05) is 19.9 Å². The molecule has 2 N–H and O–H groups in total. The molecule has 0 aromatic heterocycles. The molecule has 0 aliphatic heterocycles. The summed E-state index contributed by atoms with van der Waals surface area (Å²) in [6, 6.07) is 4.74. The first kappa shape index (κ1) is 15.2. The average Bonchev–Trinajstić information content (AvgIpc) is 2.37. The van der Waals surface area contributed by atoms with E-state index in [1.807, 2.05) is 13.8 Å². The van der Waals surface area contributed by atoms with Crippen LogP contribution in [0, 0.1) is 0 Å². The Balaban J connectivity index is 3.09. The number of ether oxygens (including phenoxy) is 1. The maximum atomic E-state index is 12.1. The van der Waals surface area contributed by atoms with Crippen LogP contribution in [0.5, 0.6) is 0 Å². The van der Waals surface area contributed by atoms with Gasteiger partial charge in [-0.15, -0.1) is 0 Å². The van der Waals surface area contributed by atoms with E-state index in [4.69, 9.17) is 4.74 Å². The number of carbonyl (C=O) groups excluding carboxylic acids is 1. The van der Waals surface area contributed by atoms with E-state index in [-0.39, 0.29) is 17.4 Å². The highest BCUT2D eigenvalue weighted by atomic mass is 16.5. The second-order valence-corrected chi connectivity index (χ2v) is 4.48. The SMILES string of the molecule is COCCNC(=O)c1cccc(C(=O)O)c1C(C)C. The van der Waals surface area contributed by atoms with Crippen molar-refractivity contribution in [2.75, 3.05) is 20.3 Å². The highest BCUT2D eigenvalue weighted by Gasteiger charge is 2.20. The van der Waals surface area contributed by atoms with Gasteiger partial charge in [-0.3, -0.25) is 4.79 Å². The summed E-state index contributed by atoms with van der Waals surface area (Å²) in [5.74, 6) is -1.34. The zero-order valence-corrected chi connectivity index (χ0v) is 11.4. The third-order valence-electron chi connectivity index (χ3n) is 2.75. The van der Waals surface area contributed by atoms with Crippen LogP contribution in [-0.2, 0) is 4.74 Å². The van der Waals surface area contributed by atoms with E-state index < -0.39 is 5.97 Å². The van der Waals surface area contributed by atoms with Crippen molar-refractivity contribution in [3.8, 4) is 0 Å². The summed E-state index contributed by atoms with van der Waals surface area (Å²) in [5, 5.41) is 11.9. The summed E-state index contributed by atoms with van der Waals surface area (Å²) in [6.45, 7) is 4.55. The first-order chi connectivity index (χ1) is 8.99. The fourth-order valence-electron chi connectivity index (χ4n) is 1.93. The van der Waals surface area contributed by atoms with Gasteiger partial charge in [0.1, 0.15) is 0 Å². The lowest BCUT2D eigenvalue weighted by Gasteiger charge is -2.15. The average molecular weight is 265 g/mol. The summed E-state index contributed by atoms with van der Waals surface area (Å²) < 4.78 is 4.86. The van der Waals surface area contributed by atoms with Gasteiger partial charge >= 0.3 is 5.97 Å². The number of amides is 1. The second kappa shape index (κ2) is 6.89. The molecule has 0 saturated heterocycles. The molecule has 104 valence electrons. The van der Waals surface area contributed by atoms with Crippen LogP contribution in [0.3, 0.4) is 0 Å². The summed E-state index contributed by atoms with van der Waals surface area (Å²) >= 11 is 0. The first-order valence-corrected chi connectivity index (χ1v) is 6.12. The van der Waals surface area contributed by atoms with Crippen molar-refractivity contribution in [2.24, 2.45) is 0 Å². The molecule has 0 unspecified atom stereocenters. The standard InChI is InChI=1S/C14H19NO4/c1-9(2)12-10(13(16)15-7-8-19-3)5-4-6-11(12)14(17)18/h4-6,9H,7-8H2,1-3H3,(H,15,16)(H,17,18). The smallest absolute Gasteiger partial charge is 0.335 e. The molecule has 0 atom stereocenters. The lowest BCUT2D eigenvalue weighted by molar-refractivity contribution is 0.0695. The minimum Gasteiger partial charge on any atom is -0.478 e. The Morgan fingerprint density at radius 3 is 2.47 bits per heavy atom. The maximum Gasteiger partial charge on any atom is 0.335 e. The number of carboxylic acids is 1. The first-order valence-electron chi connectivity index (χ1n) is 6.12. The molecule has 0 aliphatic carbocycles. The molecule has 0 radical (unpaired) electrons. The van der Waals surface area contributed by atoms with Gasteiger partial charge < -0.3 is 15.2 Å². The van der Waals surface area contributed by atoms with Gasteiger partial charge in [0.05, 0.1) is 12.2 Å². The van der Waals surface area contributed by atoms with Gasteiger partial charge in [0.15, 0.2) is 0 Å². The van der Waals surface area contributed by atoms with Crippen molar-refractivity contribution in [3.63, 3.8) is 0 Å². The van der Waals surface area contributed by atoms with Gasteiger partial charge in [-0.2, -0.15) is 0 Å². The largest absolute Gasteiger partial charge is 0.478 e. The van der Waals surface area contributed by atoms with Crippen molar-refractivity contribution >= 4 is 11.9 Å². The van der Waals surface area contributed by atoms with E-state index in [0.717, 1.165) is 0 Å². The number of benzene rings is 1.